The average molecular weight is 271 g/mol. The molecule has 19 heavy (non-hydrogen) atoms. The predicted octanol–water partition coefficient (Wildman–Crippen LogP) is 3.88. The monoisotopic (exact) mass is 271 g/mol. The summed E-state index contributed by atoms with van der Waals surface area (Å²) < 4.78 is 0. The summed E-state index contributed by atoms with van der Waals surface area (Å²) in [5.74, 6) is 0.0528. The van der Waals surface area contributed by atoms with E-state index in [1.165, 1.54) is 4.88 Å². The summed E-state index contributed by atoms with van der Waals surface area (Å²) in [5.41, 5.74) is 1.83. The van der Waals surface area contributed by atoms with Crippen molar-refractivity contribution in [3.8, 4) is 0 Å². The molecule has 0 fully saturated rings. The van der Waals surface area contributed by atoms with E-state index in [0.717, 1.165) is 11.1 Å². The second-order valence-corrected chi connectivity index (χ2v) is 5.46. The average Bonchev–Trinajstić information content (AvgIpc) is 2.90. The van der Waals surface area contributed by atoms with Crippen molar-refractivity contribution < 1.29 is 4.79 Å². The van der Waals surface area contributed by atoms with Crippen LogP contribution in [0, 0.1) is 6.92 Å². The SMILES string of the molecule is C=CCN(Cc1cccs1)C(=O)c1cccc(C)c1. The molecule has 2 nitrogen and oxygen atoms in total. The van der Waals surface area contributed by atoms with Gasteiger partial charge in [-0.25, -0.2) is 0 Å². The first kappa shape index (κ1) is 13.6. The van der Waals surface area contributed by atoms with Gasteiger partial charge in [0.1, 0.15) is 0 Å². The third kappa shape index (κ3) is 3.55. The third-order valence-electron chi connectivity index (χ3n) is 2.83. The standard InChI is InChI=1S/C16H17NOS/c1-3-9-17(12-15-8-5-10-19-15)16(18)14-7-4-6-13(2)11-14/h3-8,10-11H,1,9,12H2,2H3. The van der Waals surface area contributed by atoms with Gasteiger partial charge in [-0.2, -0.15) is 0 Å². The van der Waals surface area contributed by atoms with Gasteiger partial charge in [0.2, 0.25) is 0 Å². The minimum atomic E-state index is 0.0528. The summed E-state index contributed by atoms with van der Waals surface area (Å²) in [6.45, 7) is 6.92. The fourth-order valence-electron chi connectivity index (χ4n) is 1.93. The number of thiophene rings is 1. The van der Waals surface area contributed by atoms with Crippen LogP contribution in [-0.4, -0.2) is 17.4 Å². The molecule has 2 aromatic rings. The van der Waals surface area contributed by atoms with Gasteiger partial charge in [-0.1, -0.05) is 29.8 Å². The number of aryl methyl sites for hydroxylation is 1. The molecule has 0 aliphatic rings. The molecule has 3 heteroatoms. The number of carbonyl (C=O) groups is 1. The molecule has 98 valence electrons. The quantitative estimate of drug-likeness (QED) is 0.756. The molecule has 0 unspecified atom stereocenters. The fraction of sp³-hybridized carbons (Fsp3) is 0.188. The van der Waals surface area contributed by atoms with Gasteiger partial charge in [0.25, 0.3) is 5.91 Å². The van der Waals surface area contributed by atoms with Crippen LogP contribution in [0.5, 0.6) is 0 Å². The summed E-state index contributed by atoms with van der Waals surface area (Å²) in [4.78, 5) is 15.5. The Morgan fingerprint density at radius 3 is 2.84 bits per heavy atom. The van der Waals surface area contributed by atoms with Gasteiger partial charge in [-0.3, -0.25) is 4.79 Å². The van der Waals surface area contributed by atoms with Crippen LogP contribution in [0.15, 0.2) is 54.4 Å². The van der Waals surface area contributed by atoms with E-state index < -0.39 is 0 Å². The highest BCUT2D eigenvalue weighted by Crippen LogP contribution is 2.15. The summed E-state index contributed by atoms with van der Waals surface area (Å²) in [6.07, 6.45) is 1.77. The van der Waals surface area contributed by atoms with Crippen molar-refractivity contribution in [3.63, 3.8) is 0 Å². The smallest absolute Gasteiger partial charge is 0.254 e. The molecule has 1 aromatic carbocycles. The highest BCUT2D eigenvalue weighted by molar-refractivity contribution is 7.09. The van der Waals surface area contributed by atoms with E-state index >= 15 is 0 Å². The fourth-order valence-corrected chi connectivity index (χ4v) is 2.65. The summed E-state index contributed by atoms with van der Waals surface area (Å²) in [6, 6.07) is 11.7. The van der Waals surface area contributed by atoms with Gasteiger partial charge in [0.15, 0.2) is 0 Å². The molecule has 0 N–H and O–H groups in total. The Balaban J connectivity index is 2.18. The Labute approximate surface area is 118 Å². The van der Waals surface area contributed by atoms with E-state index in [2.05, 4.69) is 6.58 Å². The van der Waals surface area contributed by atoms with Crippen molar-refractivity contribution in [2.75, 3.05) is 6.54 Å². The van der Waals surface area contributed by atoms with Crippen LogP contribution in [-0.2, 0) is 6.54 Å². The highest BCUT2D eigenvalue weighted by atomic mass is 32.1. The second kappa shape index (κ2) is 6.34. The van der Waals surface area contributed by atoms with Crippen molar-refractivity contribution in [1.29, 1.82) is 0 Å². The van der Waals surface area contributed by atoms with Crippen molar-refractivity contribution >= 4 is 17.2 Å². The van der Waals surface area contributed by atoms with E-state index in [4.69, 9.17) is 0 Å². The molecule has 0 radical (unpaired) electrons. The largest absolute Gasteiger partial charge is 0.330 e. The molecule has 1 amide bonds. The van der Waals surface area contributed by atoms with Crippen LogP contribution < -0.4 is 0 Å². The summed E-state index contributed by atoms with van der Waals surface area (Å²) in [7, 11) is 0. The van der Waals surface area contributed by atoms with E-state index in [-0.39, 0.29) is 5.91 Å². The van der Waals surface area contributed by atoms with Gasteiger partial charge in [0, 0.05) is 17.0 Å². The molecular formula is C16H17NOS. The molecule has 0 spiro atoms. The lowest BCUT2D eigenvalue weighted by atomic mass is 10.1. The van der Waals surface area contributed by atoms with Crippen LogP contribution >= 0.6 is 11.3 Å². The van der Waals surface area contributed by atoms with E-state index in [9.17, 15) is 4.79 Å². The summed E-state index contributed by atoms with van der Waals surface area (Å²) in [5, 5.41) is 2.03. The van der Waals surface area contributed by atoms with Crippen LogP contribution in [0.1, 0.15) is 20.8 Å². The molecule has 1 heterocycles. The molecule has 1 aromatic heterocycles. The van der Waals surface area contributed by atoms with Crippen molar-refractivity contribution in [3.05, 3.63) is 70.4 Å². The van der Waals surface area contributed by atoms with Crippen molar-refractivity contribution in [1.82, 2.24) is 4.90 Å². The van der Waals surface area contributed by atoms with Crippen molar-refractivity contribution in [2.24, 2.45) is 0 Å². The number of hydrogen-bond donors (Lipinski definition) is 0. The first-order chi connectivity index (χ1) is 9.20. The second-order valence-electron chi connectivity index (χ2n) is 4.42. The van der Waals surface area contributed by atoms with Gasteiger partial charge < -0.3 is 4.90 Å². The zero-order valence-electron chi connectivity index (χ0n) is 11.0. The van der Waals surface area contributed by atoms with Gasteiger partial charge in [-0.15, -0.1) is 17.9 Å². The Bertz CT molecular complexity index is 560. The van der Waals surface area contributed by atoms with Crippen LogP contribution in [0.3, 0.4) is 0 Å². The Morgan fingerprint density at radius 1 is 1.37 bits per heavy atom. The molecule has 0 atom stereocenters. The molecule has 0 bridgehead atoms. The van der Waals surface area contributed by atoms with Crippen LogP contribution in [0.4, 0.5) is 0 Å². The van der Waals surface area contributed by atoms with Gasteiger partial charge >= 0.3 is 0 Å². The molecule has 0 saturated heterocycles. The maximum absolute atomic E-state index is 12.5. The molecule has 2 rings (SSSR count). The zero-order chi connectivity index (χ0) is 13.7. The maximum Gasteiger partial charge on any atom is 0.254 e. The minimum absolute atomic E-state index is 0.0528. The number of nitrogens with zero attached hydrogens (tertiary/aromatic N) is 1. The lowest BCUT2D eigenvalue weighted by Crippen LogP contribution is -2.30. The van der Waals surface area contributed by atoms with Crippen molar-refractivity contribution in [2.45, 2.75) is 13.5 Å². The molecule has 0 aliphatic carbocycles. The summed E-state index contributed by atoms with van der Waals surface area (Å²) >= 11 is 1.66. The van der Waals surface area contributed by atoms with Gasteiger partial charge in [-0.05, 0) is 30.5 Å². The Morgan fingerprint density at radius 2 is 2.21 bits per heavy atom. The molecule has 0 saturated carbocycles. The minimum Gasteiger partial charge on any atom is -0.330 e. The maximum atomic E-state index is 12.5. The first-order valence-corrected chi connectivity index (χ1v) is 7.08. The number of amides is 1. The van der Waals surface area contributed by atoms with E-state index in [1.807, 2.05) is 53.6 Å². The Kier molecular flexibility index (Phi) is 4.53. The third-order valence-corrected chi connectivity index (χ3v) is 3.69. The number of hydrogen-bond acceptors (Lipinski definition) is 2. The normalized spacial score (nSPS) is 10.2. The first-order valence-electron chi connectivity index (χ1n) is 6.20. The van der Waals surface area contributed by atoms with E-state index in [1.54, 1.807) is 17.4 Å². The zero-order valence-corrected chi connectivity index (χ0v) is 11.8. The Hall–Kier alpha value is -1.87. The number of benzene rings is 1. The number of rotatable bonds is 5. The predicted molar refractivity (Wildman–Crippen MR) is 80.4 cm³/mol. The van der Waals surface area contributed by atoms with E-state index in [0.29, 0.717) is 13.1 Å². The highest BCUT2D eigenvalue weighted by Gasteiger charge is 2.15. The van der Waals surface area contributed by atoms with Crippen LogP contribution in [0.2, 0.25) is 0 Å². The van der Waals surface area contributed by atoms with Crippen LogP contribution in [0.25, 0.3) is 0 Å². The topological polar surface area (TPSA) is 20.3 Å². The lowest BCUT2D eigenvalue weighted by Gasteiger charge is -2.20. The molecular weight excluding hydrogens is 254 g/mol. The number of carbonyl (C=O) groups excluding carboxylic acids is 1. The molecule has 0 aliphatic heterocycles. The lowest BCUT2D eigenvalue weighted by molar-refractivity contribution is 0.0764. The van der Waals surface area contributed by atoms with Gasteiger partial charge in [0.05, 0.1) is 6.54 Å².